The van der Waals surface area contributed by atoms with E-state index >= 15 is 0 Å². The van der Waals surface area contributed by atoms with Gasteiger partial charge in [-0.05, 0) is 56.5 Å². The summed E-state index contributed by atoms with van der Waals surface area (Å²) in [7, 11) is 0. The monoisotopic (exact) mass is 438 g/mol. The second-order valence-corrected chi connectivity index (χ2v) is 7.97. The molecule has 1 aromatic heterocycles. The minimum Gasteiger partial charge on any atom is -0.344 e. The maximum atomic E-state index is 13.0. The highest BCUT2D eigenvalue weighted by atomic mass is 79.9. The predicted molar refractivity (Wildman–Crippen MR) is 117 cm³/mol. The Kier molecular flexibility index (Phi) is 5.84. The lowest BCUT2D eigenvalue weighted by molar-refractivity contribution is 0.102. The molecule has 0 saturated heterocycles. The number of halogens is 1. The second-order valence-electron chi connectivity index (χ2n) is 7.05. The quantitative estimate of drug-likeness (QED) is 0.612. The lowest BCUT2D eigenvalue weighted by Gasteiger charge is -2.18. The van der Waals surface area contributed by atoms with Crippen molar-refractivity contribution in [3.8, 4) is 0 Å². The SMILES string of the molecule is Cc1cc(Br)cc(C)c1NC(=O)c1c(C)n(Cc2ccccc2)c(C)cc1=O. The lowest BCUT2D eigenvalue weighted by atomic mass is 10.1. The van der Waals surface area contributed by atoms with Gasteiger partial charge in [0.1, 0.15) is 5.56 Å². The Hall–Kier alpha value is -2.66. The largest absolute Gasteiger partial charge is 0.344 e. The van der Waals surface area contributed by atoms with Crippen molar-refractivity contribution in [3.05, 3.63) is 96.9 Å². The third-order valence-corrected chi connectivity index (χ3v) is 5.38. The zero-order chi connectivity index (χ0) is 20.4. The Morgan fingerprint density at radius 3 is 2.21 bits per heavy atom. The molecule has 0 aliphatic rings. The van der Waals surface area contributed by atoms with Gasteiger partial charge in [0.15, 0.2) is 5.43 Å². The highest BCUT2D eigenvalue weighted by Gasteiger charge is 2.19. The highest BCUT2D eigenvalue weighted by molar-refractivity contribution is 9.10. The first-order valence-electron chi connectivity index (χ1n) is 9.11. The van der Waals surface area contributed by atoms with Gasteiger partial charge < -0.3 is 9.88 Å². The molecule has 28 heavy (non-hydrogen) atoms. The van der Waals surface area contributed by atoms with Crippen molar-refractivity contribution < 1.29 is 4.79 Å². The normalized spacial score (nSPS) is 10.8. The van der Waals surface area contributed by atoms with Crippen LogP contribution in [0.15, 0.2) is 57.8 Å². The summed E-state index contributed by atoms with van der Waals surface area (Å²) in [5, 5.41) is 2.94. The maximum absolute atomic E-state index is 13.0. The number of carbonyl (C=O) groups is 1. The van der Waals surface area contributed by atoms with Crippen molar-refractivity contribution >= 4 is 27.5 Å². The number of aryl methyl sites for hydroxylation is 3. The smallest absolute Gasteiger partial charge is 0.261 e. The Labute approximate surface area is 173 Å². The third-order valence-electron chi connectivity index (χ3n) is 4.93. The molecule has 0 aliphatic carbocycles. The van der Waals surface area contributed by atoms with Crippen molar-refractivity contribution in [1.29, 1.82) is 0 Å². The molecule has 0 saturated carbocycles. The van der Waals surface area contributed by atoms with E-state index in [0.29, 0.717) is 12.2 Å². The molecule has 1 N–H and O–H groups in total. The second kappa shape index (κ2) is 8.15. The Morgan fingerprint density at radius 2 is 1.61 bits per heavy atom. The average molecular weight is 439 g/mol. The Balaban J connectivity index is 2.01. The van der Waals surface area contributed by atoms with Crippen molar-refractivity contribution in [2.75, 3.05) is 5.32 Å². The van der Waals surface area contributed by atoms with Gasteiger partial charge in [0.2, 0.25) is 0 Å². The van der Waals surface area contributed by atoms with Gasteiger partial charge in [-0.15, -0.1) is 0 Å². The van der Waals surface area contributed by atoms with E-state index in [-0.39, 0.29) is 16.9 Å². The fourth-order valence-electron chi connectivity index (χ4n) is 3.49. The van der Waals surface area contributed by atoms with Crippen LogP contribution in [0.2, 0.25) is 0 Å². The fourth-order valence-corrected chi connectivity index (χ4v) is 4.17. The molecule has 0 unspecified atom stereocenters. The number of nitrogens with zero attached hydrogens (tertiary/aromatic N) is 1. The number of rotatable bonds is 4. The van der Waals surface area contributed by atoms with Crippen LogP contribution in [0, 0.1) is 27.7 Å². The Morgan fingerprint density at radius 1 is 1.00 bits per heavy atom. The minimum atomic E-state index is -0.377. The van der Waals surface area contributed by atoms with E-state index in [2.05, 4.69) is 21.2 Å². The molecule has 4 nitrogen and oxygen atoms in total. The average Bonchev–Trinajstić information content (AvgIpc) is 2.62. The van der Waals surface area contributed by atoms with Gasteiger partial charge in [0, 0.05) is 34.2 Å². The van der Waals surface area contributed by atoms with Gasteiger partial charge in [-0.1, -0.05) is 46.3 Å². The topological polar surface area (TPSA) is 51.1 Å². The van der Waals surface area contributed by atoms with Crippen LogP contribution in [-0.4, -0.2) is 10.5 Å². The number of pyridine rings is 1. The van der Waals surface area contributed by atoms with Gasteiger partial charge >= 0.3 is 0 Å². The third kappa shape index (κ3) is 4.09. The standard InChI is InChI=1S/C23H23BrN2O2/c1-14-10-19(24)11-15(2)22(14)25-23(28)21-17(4)26(16(3)12-20(21)27)13-18-8-6-5-7-9-18/h5-12H,13H2,1-4H3,(H,25,28). The number of benzene rings is 2. The predicted octanol–water partition coefficient (Wildman–Crippen LogP) is 5.15. The molecule has 2 aromatic carbocycles. The van der Waals surface area contributed by atoms with Gasteiger partial charge in [-0.3, -0.25) is 9.59 Å². The maximum Gasteiger partial charge on any atom is 0.261 e. The van der Waals surface area contributed by atoms with Gasteiger partial charge in [-0.25, -0.2) is 0 Å². The van der Waals surface area contributed by atoms with Crippen molar-refractivity contribution in [2.24, 2.45) is 0 Å². The van der Waals surface area contributed by atoms with Crippen LogP contribution in [0.25, 0.3) is 0 Å². The molecule has 0 atom stereocenters. The number of anilines is 1. The van der Waals surface area contributed by atoms with Crippen molar-refractivity contribution in [1.82, 2.24) is 4.57 Å². The van der Waals surface area contributed by atoms with E-state index in [1.807, 2.05) is 74.7 Å². The zero-order valence-electron chi connectivity index (χ0n) is 16.5. The van der Waals surface area contributed by atoms with E-state index in [1.165, 1.54) is 6.07 Å². The number of carbonyl (C=O) groups excluding carboxylic acids is 1. The van der Waals surface area contributed by atoms with Crippen LogP contribution in [0.4, 0.5) is 5.69 Å². The molecular formula is C23H23BrN2O2. The summed E-state index contributed by atoms with van der Waals surface area (Å²) < 4.78 is 2.96. The number of hydrogen-bond acceptors (Lipinski definition) is 2. The molecule has 0 bridgehead atoms. The van der Waals surface area contributed by atoms with Crippen LogP contribution in [0.5, 0.6) is 0 Å². The summed E-state index contributed by atoms with van der Waals surface area (Å²) >= 11 is 3.46. The van der Waals surface area contributed by atoms with Crippen LogP contribution < -0.4 is 10.7 Å². The molecule has 144 valence electrons. The highest BCUT2D eigenvalue weighted by Crippen LogP contribution is 2.25. The Bertz CT molecular complexity index is 1080. The first-order valence-corrected chi connectivity index (χ1v) is 9.90. The van der Waals surface area contributed by atoms with E-state index in [0.717, 1.165) is 32.5 Å². The molecule has 0 aliphatic heterocycles. The fraction of sp³-hybridized carbons (Fsp3) is 0.217. The molecule has 5 heteroatoms. The van der Waals surface area contributed by atoms with Gasteiger partial charge in [0.05, 0.1) is 0 Å². The number of aromatic nitrogens is 1. The molecule has 0 spiro atoms. The summed E-state index contributed by atoms with van der Waals surface area (Å²) in [6.45, 7) is 8.19. The molecule has 3 aromatic rings. The first kappa shape index (κ1) is 20.1. The first-order chi connectivity index (χ1) is 13.3. The number of hydrogen-bond donors (Lipinski definition) is 1. The van der Waals surface area contributed by atoms with E-state index in [9.17, 15) is 9.59 Å². The summed E-state index contributed by atoms with van der Waals surface area (Å²) in [4.78, 5) is 25.7. The van der Waals surface area contributed by atoms with Crippen molar-refractivity contribution in [2.45, 2.75) is 34.2 Å². The molecule has 3 rings (SSSR count). The molecule has 1 heterocycles. The number of nitrogens with one attached hydrogen (secondary N) is 1. The minimum absolute atomic E-state index is 0.184. The summed E-state index contributed by atoms with van der Waals surface area (Å²) in [5.41, 5.74) is 5.15. The van der Waals surface area contributed by atoms with E-state index < -0.39 is 0 Å². The molecule has 0 fully saturated rings. The van der Waals surface area contributed by atoms with E-state index in [4.69, 9.17) is 0 Å². The van der Waals surface area contributed by atoms with Crippen LogP contribution in [0.1, 0.15) is 38.4 Å². The zero-order valence-corrected chi connectivity index (χ0v) is 18.1. The summed E-state index contributed by atoms with van der Waals surface area (Å²) in [6.07, 6.45) is 0. The molecule has 0 radical (unpaired) electrons. The summed E-state index contributed by atoms with van der Waals surface area (Å²) in [5.74, 6) is -0.377. The number of amides is 1. The van der Waals surface area contributed by atoms with Crippen LogP contribution in [-0.2, 0) is 6.54 Å². The van der Waals surface area contributed by atoms with E-state index in [1.54, 1.807) is 0 Å². The molecular weight excluding hydrogens is 416 g/mol. The van der Waals surface area contributed by atoms with Crippen molar-refractivity contribution in [3.63, 3.8) is 0 Å². The van der Waals surface area contributed by atoms with Gasteiger partial charge in [0.25, 0.3) is 5.91 Å². The van der Waals surface area contributed by atoms with Crippen LogP contribution in [0.3, 0.4) is 0 Å². The van der Waals surface area contributed by atoms with Gasteiger partial charge in [-0.2, -0.15) is 0 Å². The van der Waals surface area contributed by atoms with Crippen LogP contribution >= 0.6 is 15.9 Å². The summed E-state index contributed by atoms with van der Waals surface area (Å²) in [6, 6.07) is 15.4. The molecule has 1 amide bonds. The lowest BCUT2D eigenvalue weighted by Crippen LogP contribution is -2.27.